The smallest absolute Gasteiger partial charge is 0.245 e. The molecule has 1 amide bonds. The normalized spacial score (nSPS) is 10.6. The molecule has 2 aromatic rings. The van der Waals surface area contributed by atoms with Crippen molar-refractivity contribution in [3.63, 3.8) is 0 Å². The third-order valence-electron chi connectivity index (χ3n) is 3.48. The Morgan fingerprint density at radius 1 is 1.23 bits per heavy atom. The van der Waals surface area contributed by atoms with Gasteiger partial charge in [0.2, 0.25) is 11.9 Å². The van der Waals surface area contributed by atoms with Crippen LogP contribution in [-0.2, 0) is 9.53 Å². The van der Waals surface area contributed by atoms with Gasteiger partial charge in [0.15, 0.2) is 0 Å². The Morgan fingerprint density at radius 3 is 2.77 bits per heavy atom. The van der Waals surface area contributed by atoms with Crippen LogP contribution in [0.3, 0.4) is 0 Å². The van der Waals surface area contributed by atoms with E-state index in [1.807, 2.05) is 6.07 Å². The number of halogens is 2. The summed E-state index contributed by atoms with van der Waals surface area (Å²) in [5.41, 5.74) is 7.09. The van der Waals surface area contributed by atoms with Crippen molar-refractivity contribution >= 4 is 40.9 Å². The van der Waals surface area contributed by atoms with Gasteiger partial charge in [0.25, 0.3) is 0 Å². The van der Waals surface area contributed by atoms with Crippen LogP contribution in [0.15, 0.2) is 24.3 Å². The molecule has 0 unspecified atom stereocenters. The van der Waals surface area contributed by atoms with E-state index in [0.717, 1.165) is 12.8 Å². The number of anilines is 2. The first-order valence-electron chi connectivity index (χ1n) is 8.09. The number of carbonyl (C=O) groups excluding carboxylic acids is 1. The minimum absolute atomic E-state index is 0.0767. The zero-order valence-electron chi connectivity index (χ0n) is 14.4. The van der Waals surface area contributed by atoms with E-state index in [0.29, 0.717) is 40.2 Å². The molecule has 0 bridgehead atoms. The van der Waals surface area contributed by atoms with Crippen molar-refractivity contribution in [3.05, 3.63) is 34.3 Å². The highest BCUT2D eigenvalue weighted by molar-refractivity contribution is 6.43. The molecule has 0 saturated heterocycles. The fraction of sp³-hybridized carbons (Fsp3) is 0.353. The molecule has 4 N–H and O–H groups in total. The number of unbranched alkanes of at least 4 members (excludes halogenated alkanes) is 1. The zero-order valence-corrected chi connectivity index (χ0v) is 15.9. The van der Waals surface area contributed by atoms with Crippen molar-refractivity contribution in [1.29, 1.82) is 0 Å². The summed E-state index contributed by atoms with van der Waals surface area (Å²) in [4.78, 5) is 19.7. The Balaban J connectivity index is 1.90. The topological polar surface area (TPSA) is 102 Å². The van der Waals surface area contributed by atoms with Crippen molar-refractivity contribution in [2.75, 3.05) is 37.9 Å². The number of nitrogens with two attached hydrogens (primary N) is 1. The molecule has 0 aliphatic carbocycles. The average molecular weight is 398 g/mol. The first-order valence-corrected chi connectivity index (χ1v) is 8.85. The van der Waals surface area contributed by atoms with E-state index in [9.17, 15) is 4.79 Å². The zero-order chi connectivity index (χ0) is 18.9. The summed E-state index contributed by atoms with van der Waals surface area (Å²) in [6, 6.07) is 7.10. The Kier molecular flexibility index (Phi) is 7.90. The summed E-state index contributed by atoms with van der Waals surface area (Å²) in [6.07, 6.45) is 1.68. The van der Waals surface area contributed by atoms with Crippen LogP contribution in [0.5, 0.6) is 0 Å². The van der Waals surface area contributed by atoms with Crippen LogP contribution in [0.4, 0.5) is 11.8 Å². The van der Waals surface area contributed by atoms with E-state index in [1.54, 1.807) is 18.2 Å². The molecule has 7 nitrogen and oxygen atoms in total. The average Bonchev–Trinajstić information content (AvgIpc) is 2.60. The molecule has 1 aromatic heterocycles. The Labute approximate surface area is 162 Å². The van der Waals surface area contributed by atoms with Crippen LogP contribution in [0, 0.1) is 0 Å². The van der Waals surface area contributed by atoms with Crippen LogP contribution in [0.1, 0.15) is 12.8 Å². The molecular formula is C17H21Cl2N5O2. The highest BCUT2D eigenvalue weighted by Crippen LogP contribution is 2.33. The molecule has 1 aromatic carbocycles. The minimum Gasteiger partial charge on any atom is -0.375 e. The second-order valence-electron chi connectivity index (χ2n) is 5.51. The number of aromatic nitrogens is 2. The summed E-state index contributed by atoms with van der Waals surface area (Å²) in [6.45, 7) is 1.35. The second-order valence-corrected chi connectivity index (χ2v) is 6.30. The lowest BCUT2D eigenvalue weighted by molar-refractivity contribution is -0.124. The van der Waals surface area contributed by atoms with Crippen LogP contribution in [0.25, 0.3) is 11.3 Å². The van der Waals surface area contributed by atoms with E-state index in [4.69, 9.17) is 33.7 Å². The van der Waals surface area contributed by atoms with Crippen molar-refractivity contribution in [1.82, 2.24) is 15.3 Å². The van der Waals surface area contributed by atoms with E-state index in [2.05, 4.69) is 20.6 Å². The number of carbonyl (C=O) groups is 1. The first-order chi connectivity index (χ1) is 12.5. The Bertz CT molecular complexity index is 758. The van der Waals surface area contributed by atoms with Gasteiger partial charge in [-0.25, -0.2) is 4.98 Å². The largest absolute Gasteiger partial charge is 0.375 e. The van der Waals surface area contributed by atoms with Crippen molar-refractivity contribution in [2.45, 2.75) is 12.8 Å². The van der Waals surface area contributed by atoms with Crippen LogP contribution >= 0.6 is 23.2 Å². The van der Waals surface area contributed by atoms with E-state index in [1.165, 1.54) is 7.11 Å². The molecule has 2 rings (SSSR count). The molecule has 1 heterocycles. The number of ether oxygens (including phenoxy) is 1. The Morgan fingerprint density at radius 2 is 2.00 bits per heavy atom. The summed E-state index contributed by atoms with van der Waals surface area (Å²) in [5, 5.41) is 6.84. The van der Waals surface area contributed by atoms with Gasteiger partial charge in [0.1, 0.15) is 12.4 Å². The fourth-order valence-corrected chi connectivity index (χ4v) is 2.67. The Hall–Kier alpha value is -2.09. The standard InChI is InChI=1S/C17H21Cl2N5O2/c1-26-10-15(25)22-8-3-2-7-21-14-9-13(23-17(20)24-14)11-5-4-6-12(18)16(11)19/h4-6,9H,2-3,7-8,10H2,1H3,(H,22,25)(H3,20,21,23,24). The molecule has 0 spiro atoms. The van der Waals surface area contributed by atoms with Gasteiger partial charge < -0.3 is 21.1 Å². The van der Waals surface area contributed by atoms with Crippen molar-refractivity contribution < 1.29 is 9.53 Å². The molecule has 9 heteroatoms. The SMILES string of the molecule is COCC(=O)NCCCCNc1cc(-c2cccc(Cl)c2Cl)nc(N)n1. The quantitative estimate of drug-likeness (QED) is 0.562. The van der Waals surface area contributed by atoms with E-state index < -0.39 is 0 Å². The third-order valence-corrected chi connectivity index (χ3v) is 4.30. The minimum atomic E-state index is -0.118. The van der Waals surface area contributed by atoms with Gasteiger partial charge in [-0.3, -0.25) is 4.79 Å². The first kappa shape index (κ1) is 20.2. The lowest BCUT2D eigenvalue weighted by atomic mass is 10.1. The molecule has 26 heavy (non-hydrogen) atoms. The number of amides is 1. The second kappa shape index (κ2) is 10.2. The van der Waals surface area contributed by atoms with Crippen LogP contribution < -0.4 is 16.4 Å². The number of nitrogens with zero attached hydrogens (tertiary/aromatic N) is 2. The van der Waals surface area contributed by atoms with Crippen LogP contribution in [-0.4, -0.2) is 42.7 Å². The molecular weight excluding hydrogens is 377 g/mol. The predicted octanol–water partition coefficient (Wildman–Crippen LogP) is 2.99. The van der Waals surface area contributed by atoms with E-state index in [-0.39, 0.29) is 18.5 Å². The van der Waals surface area contributed by atoms with Gasteiger partial charge in [-0.15, -0.1) is 0 Å². The number of hydrogen-bond acceptors (Lipinski definition) is 6. The highest BCUT2D eigenvalue weighted by Gasteiger charge is 2.10. The lowest BCUT2D eigenvalue weighted by Gasteiger charge is -2.10. The molecule has 0 saturated carbocycles. The molecule has 0 radical (unpaired) electrons. The van der Waals surface area contributed by atoms with Gasteiger partial charge >= 0.3 is 0 Å². The highest BCUT2D eigenvalue weighted by atomic mass is 35.5. The summed E-state index contributed by atoms with van der Waals surface area (Å²) >= 11 is 12.3. The summed E-state index contributed by atoms with van der Waals surface area (Å²) < 4.78 is 4.75. The van der Waals surface area contributed by atoms with E-state index >= 15 is 0 Å². The van der Waals surface area contributed by atoms with Gasteiger partial charge in [-0.2, -0.15) is 4.98 Å². The number of rotatable bonds is 9. The maximum absolute atomic E-state index is 11.3. The molecule has 0 atom stereocenters. The van der Waals surface area contributed by atoms with Gasteiger partial charge in [-0.1, -0.05) is 35.3 Å². The third kappa shape index (κ3) is 6.01. The lowest BCUT2D eigenvalue weighted by Crippen LogP contribution is -2.28. The maximum atomic E-state index is 11.3. The summed E-state index contributed by atoms with van der Waals surface area (Å²) in [7, 11) is 1.49. The van der Waals surface area contributed by atoms with Crippen molar-refractivity contribution in [2.24, 2.45) is 0 Å². The van der Waals surface area contributed by atoms with Gasteiger partial charge in [-0.05, 0) is 18.9 Å². The van der Waals surface area contributed by atoms with Gasteiger partial charge in [0, 0.05) is 31.8 Å². The fourth-order valence-electron chi connectivity index (χ4n) is 2.27. The van der Waals surface area contributed by atoms with Crippen LogP contribution in [0.2, 0.25) is 10.0 Å². The van der Waals surface area contributed by atoms with Crippen molar-refractivity contribution in [3.8, 4) is 11.3 Å². The number of nitrogens with one attached hydrogen (secondary N) is 2. The number of nitrogen functional groups attached to an aromatic ring is 1. The van der Waals surface area contributed by atoms with Gasteiger partial charge in [0.05, 0.1) is 15.7 Å². The molecule has 0 aliphatic heterocycles. The predicted molar refractivity (Wildman–Crippen MR) is 105 cm³/mol. The number of benzene rings is 1. The molecule has 140 valence electrons. The number of methoxy groups -OCH3 is 1. The molecule has 0 aliphatic rings. The summed E-state index contributed by atoms with van der Waals surface area (Å²) in [5.74, 6) is 0.631. The monoisotopic (exact) mass is 397 g/mol. The maximum Gasteiger partial charge on any atom is 0.245 e. The molecule has 0 fully saturated rings. The number of hydrogen-bond donors (Lipinski definition) is 3.